The van der Waals surface area contributed by atoms with Gasteiger partial charge in [-0.1, -0.05) is 0 Å². The van der Waals surface area contributed by atoms with Gasteiger partial charge in [-0.3, -0.25) is 0 Å². The number of hydrogen-bond acceptors (Lipinski definition) is 6. The third-order valence-corrected chi connectivity index (χ3v) is 2.65. The van der Waals surface area contributed by atoms with Crippen molar-refractivity contribution in [1.82, 2.24) is 0 Å². The fraction of sp³-hybridized carbons (Fsp3) is 1.00. The van der Waals surface area contributed by atoms with Crippen LogP contribution in [0.15, 0.2) is 0 Å². The highest BCUT2D eigenvalue weighted by Crippen LogP contribution is 2.31. The van der Waals surface area contributed by atoms with Crippen LogP contribution in [0.5, 0.6) is 0 Å². The van der Waals surface area contributed by atoms with Crippen molar-refractivity contribution in [2.45, 2.75) is 23.6 Å². The molecule has 0 aromatic carbocycles. The van der Waals surface area contributed by atoms with Gasteiger partial charge in [-0.2, -0.15) is 12.6 Å². The van der Waals surface area contributed by atoms with Crippen LogP contribution in [0.1, 0.15) is 0 Å². The molecular formula is C6H9NO5S. The van der Waals surface area contributed by atoms with Gasteiger partial charge in [0.05, 0.1) is 24.6 Å². The standard InChI is InChI=1S/C6H9NO5S/c8-7(9)12-3-1-10-6-4(13)2-11-5(3)6/h3-6,13H,1-2H2. The Labute approximate surface area is 79.7 Å². The summed E-state index contributed by atoms with van der Waals surface area (Å²) < 4.78 is 10.5. The molecule has 2 rings (SSSR count). The van der Waals surface area contributed by atoms with Crippen LogP contribution in [-0.2, 0) is 14.3 Å². The van der Waals surface area contributed by atoms with Gasteiger partial charge < -0.3 is 14.3 Å². The monoisotopic (exact) mass is 207 g/mol. The van der Waals surface area contributed by atoms with Crippen LogP contribution in [0, 0.1) is 10.1 Å². The molecule has 13 heavy (non-hydrogen) atoms. The maximum Gasteiger partial charge on any atom is 0.294 e. The van der Waals surface area contributed by atoms with Crippen molar-refractivity contribution in [1.29, 1.82) is 0 Å². The van der Waals surface area contributed by atoms with E-state index in [0.717, 1.165) is 0 Å². The number of fused-ring (bicyclic) bond motifs is 1. The number of ether oxygens (including phenoxy) is 2. The zero-order valence-corrected chi connectivity index (χ0v) is 7.55. The Balaban J connectivity index is 1.98. The van der Waals surface area contributed by atoms with E-state index in [2.05, 4.69) is 17.5 Å². The van der Waals surface area contributed by atoms with Crippen LogP contribution in [-0.4, -0.2) is 41.9 Å². The highest BCUT2D eigenvalue weighted by molar-refractivity contribution is 7.81. The molecule has 0 amide bonds. The summed E-state index contributed by atoms with van der Waals surface area (Å²) in [6, 6.07) is 0. The second kappa shape index (κ2) is 3.32. The molecule has 0 radical (unpaired) electrons. The molecule has 2 fully saturated rings. The van der Waals surface area contributed by atoms with Gasteiger partial charge >= 0.3 is 0 Å². The van der Waals surface area contributed by atoms with E-state index in [4.69, 9.17) is 9.47 Å². The molecule has 0 aromatic rings. The van der Waals surface area contributed by atoms with Gasteiger partial charge in [0.2, 0.25) is 0 Å². The predicted octanol–water partition coefficient (Wildman–Crippen LogP) is -0.341. The summed E-state index contributed by atoms with van der Waals surface area (Å²) >= 11 is 4.22. The molecule has 0 saturated carbocycles. The molecule has 74 valence electrons. The third kappa shape index (κ3) is 1.59. The van der Waals surface area contributed by atoms with Crippen LogP contribution in [0.25, 0.3) is 0 Å². The van der Waals surface area contributed by atoms with Crippen molar-refractivity contribution in [3.63, 3.8) is 0 Å². The van der Waals surface area contributed by atoms with Crippen LogP contribution in [0.4, 0.5) is 0 Å². The zero-order valence-electron chi connectivity index (χ0n) is 6.66. The Morgan fingerprint density at radius 2 is 2.08 bits per heavy atom. The summed E-state index contributed by atoms with van der Waals surface area (Å²) in [5, 5.41) is 9.26. The molecule has 0 N–H and O–H groups in total. The van der Waals surface area contributed by atoms with E-state index in [1.54, 1.807) is 0 Å². The predicted molar refractivity (Wildman–Crippen MR) is 44.1 cm³/mol. The largest absolute Gasteiger partial charge is 0.372 e. The van der Waals surface area contributed by atoms with Gasteiger partial charge in [0.15, 0.2) is 6.10 Å². The number of hydrogen-bond donors (Lipinski definition) is 1. The van der Waals surface area contributed by atoms with Gasteiger partial charge in [-0.05, 0) is 0 Å². The second-order valence-corrected chi connectivity index (χ2v) is 3.69. The molecule has 4 atom stereocenters. The van der Waals surface area contributed by atoms with Gasteiger partial charge in [0.25, 0.3) is 5.09 Å². The van der Waals surface area contributed by atoms with Gasteiger partial charge in [0.1, 0.15) is 6.10 Å². The van der Waals surface area contributed by atoms with Crippen LogP contribution in [0.2, 0.25) is 0 Å². The molecule has 4 unspecified atom stereocenters. The zero-order chi connectivity index (χ0) is 9.42. The molecular weight excluding hydrogens is 198 g/mol. The van der Waals surface area contributed by atoms with Crippen molar-refractivity contribution >= 4 is 12.6 Å². The topological polar surface area (TPSA) is 70.8 Å². The average molecular weight is 207 g/mol. The fourth-order valence-electron chi connectivity index (χ4n) is 1.64. The lowest BCUT2D eigenvalue weighted by Gasteiger charge is -2.12. The molecule has 2 heterocycles. The minimum atomic E-state index is -0.814. The third-order valence-electron chi connectivity index (χ3n) is 2.20. The maximum absolute atomic E-state index is 10.1. The van der Waals surface area contributed by atoms with Crippen LogP contribution < -0.4 is 0 Å². The lowest BCUT2D eigenvalue weighted by Crippen LogP contribution is -2.33. The van der Waals surface area contributed by atoms with Gasteiger partial charge in [0, 0.05) is 0 Å². The van der Waals surface area contributed by atoms with E-state index in [0.29, 0.717) is 6.61 Å². The second-order valence-electron chi connectivity index (χ2n) is 3.03. The minimum absolute atomic E-state index is 0.00893. The summed E-state index contributed by atoms with van der Waals surface area (Å²) in [4.78, 5) is 14.5. The number of thiol groups is 1. The van der Waals surface area contributed by atoms with E-state index in [1.165, 1.54) is 0 Å². The molecule has 6 nitrogen and oxygen atoms in total. The van der Waals surface area contributed by atoms with Crippen LogP contribution in [0.3, 0.4) is 0 Å². The summed E-state index contributed by atoms with van der Waals surface area (Å²) in [6.07, 6.45) is -1.11. The van der Waals surface area contributed by atoms with Gasteiger partial charge in [-0.25, -0.2) is 0 Å². The van der Waals surface area contributed by atoms with Gasteiger partial charge in [-0.15, -0.1) is 10.1 Å². The first-order valence-corrected chi connectivity index (χ1v) is 4.42. The Morgan fingerprint density at radius 1 is 1.38 bits per heavy atom. The van der Waals surface area contributed by atoms with E-state index in [1.807, 2.05) is 0 Å². The fourth-order valence-corrected chi connectivity index (χ4v) is 1.99. The molecule has 0 aromatic heterocycles. The van der Waals surface area contributed by atoms with E-state index >= 15 is 0 Å². The molecule has 0 spiro atoms. The molecule has 2 saturated heterocycles. The van der Waals surface area contributed by atoms with E-state index < -0.39 is 11.2 Å². The van der Waals surface area contributed by atoms with Crippen molar-refractivity contribution in [2.24, 2.45) is 0 Å². The quantitative estimate of drug-likeness (QED) is 0.381. The molecule has 0 aliphatic carbocycles. The van der Waals surface area contributed by atoms with Crippen molar-refractivity contribution in [3.05, 3.63) is 10.1 Å². The van der Waals surface area contributed by atoms with E-state index in [9.17, 15) is 10.1 Å². The Hall–Kier alpha value is -0.530. The summed E-state index contributed by atoms with van der Waals surface area (Å²) in [5.41, 5.74) is 0. The first-order valence-electron chi connectivity index (χ1n) is 3.91. The number of nitrogens with zero attached hydrogens (tertiary/aromatic N) is 1. The summed E-state index contributed by atoms with van der Waals surface area (Å²) in [5.74, 6) is 0. The Morgan fingerprint density at radius 3 is 2.77 bits per heavy atom. The highest BCUT2D eigenvalue weighted by atomic mass is 32.1. The Kier molecular flexibility index (Phi) is 2.31. The molecule has 7 heteroatoms. The summed E-state index contributed by atoms with van der Waals surface area (Å²) in [7, 11) is 0. The van der Waals surface area contributed by atoms with E-state index in [-0.39, 0.29) is 24.1 Å². The minimum Gasteiger partial charge on any atom is -0.372 e. The van der Waals surface area contributed by atoms with Crippen LogP contribution >= 0.6 is 12.6 Å². The number of rotatable bonds is 2. The first-order chi connectivity index (χ1) is 6.18. The van der Waals surface area contributed by atoms with Crippen molar-refractivity contribution in [3.8, 4) is 0 Å². The van der Waals surface area contributed by atoms with Crippen molar-refractivity contribution in [2.75, 3.05) is 13.2 Å². The average Bonchev–Trinajstić information content (AvgIpc) is 2.56. The highest BCUT2D eigenvalue weighted by Gasteiger charge is 2.48. The molecule has 2 aliphatic heterocycles. The maximum atomic E-state index is 10.1. The lowest BCUT2D eigenvalue weighted by atomic mass is 10.1. The molecule has 2 aliphatic rings. The van der Waals surface area contributed by atoms with Crippen molar-refractivity contribution < 1.29 is 19.4 Å². The lowest BCUT2D eigenvalue weighted by molar-refractivity contribution is -0.769. The molecule has 0 bridgehead atoms. The smallest absolute Gasteiger partial charge is 0.294 e. The normalized spacial score (nSPS) is 43.2. The summed E-state index contributed by atoms with van der Waals surface area (Å²) in [6.45, 7) is 0.656. The Bertz CT molecular complexity index is 225. The first kappa shape index (κ1) is 9.04. The SMILES string of the molecule is O=[N+]([O-])OC1COC2C(S)COC12.